The molecule has 0 atom stereocenters. The number of hydrogen-bond donors (Lipinski definition) is 2. The zero-order chi connectivity index (χ0) is 13.3. The molecule has 0 spiro atoms. The highest BCUT2D eigenvalue weighted by Gasteiger charge is 2.41. The fourth-order valence-electron chi connectivity index (χ4n) is 2.97. The average Bonchev–Trinajstić information content (AvgIpc) is 2.47. The number of fused-ring (bicyclic) bond motifs is 1. The number of rotatable bonds is 2. The molecule has 1 heterocycles. The lowest BCUT2D eigenvalue weighted by atomic mass is 9.73. The maximum absolute atomic E-state index is 11.8. The molecule has 106 valence electrons. The van der Waals surface area contributed by atoms with Gasteiger partial charge in [0.2, 0.25) is 0 Å². The molecule has 0 unspecified atom stereocenters. The minimum absolute atomic E-state index is 0. The van der Waals surface area contributed by atoms with Crippen LogP contribution in [-0.4, -0.2) is 24.2 Å². The van der Waals surface area contributed by atoms with Crippen molar-refractivity contribution in [3.8, 4) is 0 Å². The minimum atomic E-state index is -0.727. The lowest BCUT2D eigenvalue weighted by Gasteiger charge is -2.34. The summed E-state index contributed by atoms with van der Waals surface area (Å²) < 4.78 is 0. The van der Waals surface area contributed by atoms with Crippen LogP contribution in [0.5, 0.6) is 0 Å². The monoisotopic (exact) mass is 291 g/mol. The van der Waals surface area contributed by atoms with Gasteiger partial charge in [-0.25, -0.2) is 0 Å². The number of carboxylic acid groups (broad SMARTS) is 1. The first kappa shape index (κ1) is 14.8. The van der Waals surface area contributed by atoms with Crippen molar-refractivity contribution >= 4 is 29.1 Å². The smallest absolute Gasteiger partial charge is 0.314 e. The second-order valence-corrected chi connectivity index (χ2v) is 5.20. The first-order chi connectivity index (χ1) is 9.22. The number of piperidine rings is 1. The standard InChI is InChI=1S/C16H17NO2.ClH/c18-15(19)16(7-9-17-10-8-16)14-6-5-12-3-1-2-4-13(12)11-14;/h1-6,11,17H,7-10H2,(H,18,19);1H. The maximum atomic E-state index is 11.8. The molecule has 2 aromatic rings. The topological polar surface area (TPSA) is 49.3 Å². The number of aliphatic carboxylic acids is 1. The molecule has 0 saturated carbocycles. The normalized spacial score (nSPS) is 17.4. The van der Waals surface area contributed by atoms with Crippen molar-refractivity contribution in [1.82, 2.24) is 5.32 Å². The highest BCUT2D eigenvalue weighted by molar-refractivity contribution is 5.87. The first-order valence-electron chi connectivity index (χ1n) is 6.66. The molecule has 1 fully saturated rings. The Balaban J connectivity index is 0.00000147. The van der Waals surface area contributed by atoms with E-state index in [2.05, 4.69) is 11.4 Å². The van der Waals surface area contributed by atoms with E-state index in [-0.39, 0.29) is 12.4 Å². The minimum Gasteiger partial charge on any atom is -0.481 e. The van der Waals surface area contributed by atoms with Crippen LogP contribution in [0.1, 0.15) is 18.4 Å². The van der Waals surface area contributed by atoms with E-state index in [0.717, 1.165) is 29.4 Å². The summed E-state index contributed by atoms with van der Waals surface area (Å²) in [7, 11) is 0. The highest BCUT2D eigenvalue weighted by Crippen LogP contribution is 2.35. The van der Waals surface area contributed by atoms with Crippen molar-refractivity contribution < 1.29 is 9.90 Å². The third kappa shape index (κ3) is 2.39. The molecule has 1 aliphatic heterocycles. The summed E-state index contributed by atoms with van der Waals surface area (Å²) in [6.45, 7) is 1.53. The van der Waals surface area contributed by atoms with Gasteiger partial charge in [0.25, 0.3) is 0 Å². The third-order valence-electron chi connectivity index (χ3n) is 4.17. The predicted octanol–water partition coefficient (Wildman–Crippen LogP) is 2.97. The van der Waals surface area contributed by atoms with Crippen LogP contribution >= 0.6 is 12.4 Å². The van der Waals surface area contributed by atoms with Gasteiger partial charge in [0.1, 0.15) is 0 Å². The van der Waals surface area contributed by atoms with Crippen molar-refractivity contribution in [3.05, 3.63) is 48.0 Å². The summed E-state index contributed by atoms with van der Waals surface area (Å²) in [5.74, 6) is -0.704. The highest BCUT2D eigenvalue weighted by atomic mass is 35.5. The SMILES string of the molecule is Cl.O=C(O)C1(c2ccc3ccccc3c2)CCNCC1. The summed E-state index contributed by atoms with van der Waals surface area (Å²) >= 11 is 0. The van der Waals surface area contributed by atoms with Crippen LogP contribution in [0.15, 0.2) is 42.5 Å². The van der Waals surface area contributed by atoms with Gasteiger partial charge < -0.3 is 10.4 Å². The Morgan fingerprint density at radius 1 is 1.05 bits per heavy atom. The Bertz CT molecular complexity index is 621. The van der Waals surface area contributed by atoms with Gasteiger partial charge in [-0.05, 0) is 42.3 Å². The van der Waals surface area contributed by atoms with E-state index in [1.807, 2.05) is 36.4 Å². The van der Waals surface area contributed by atoms with Gasteiger partial charge in [-0.2, -0.15) is 0 Å². The van der Waals surface area contributed by atoms with Crippen molar-refractivity contribution in [2.24, 2.45) is 0 Å². The van der Waals surface area contributed by atoms with Crippen molar-refractivity contribution in [1.29, 1.82) is 0 Å². The van der Waals surface area contributed by atoms with Crippen LogP contribution in [0.3, 0.4) is 0 Å². The number of benzene rings is 2. The third-order valence-corrected chi connectivity index (χ3v) is 4.17. The number of nitrogens with one attached hydrogen (secondary N) is 1. The Labute approximate surface area is 124 Å². The molecule has 20 heavy (non-hydrogen) atoms. The summed E-state index contributed by atoms with van der Waals surface area (Å²) in [5, 5.41) is 15.2. The average molecular weight is 292 g/mol. The molecule has 0 aromatic heterocycles. The first-order valence-corrected chi connectivity index (χ1v) is 6.66. The summed E-state index contributed by atoms with van der Waals surface area (Å²) in [6.07, 6.45) is 1.31. The zero-order valence-electron chi connectivity index (χ0n) is 11.1. The maximum Gasteiger partial charge on any atom is 0.314 e. The van der Waals surface area contributed by atoms with E-state index < -0.39 is 11.4 Å². The molecular weight excluding hydrogens is 274 g/mol. The summed E-state index contributed by atoms with van der Waals surface area (Å²) in [4.78, 5) is 11.8. The van der Waals surface area contributed by atoms with E-state index in [4.69, 9.17) is 0 Å². The van der Waals surface area contributed by atoms with Crippen LogP contribution in [0.25, 0.3) is 10.8 Å². The molecule has 1 aliphatic rings. The van der Waals surface area contributed by atoms with E-state index in [1.165, 1.54) is 0 Å². The van der Waals surface area contributed by atoms with Gasteiger partial charge in [0.15, 0.2) is 0 Å². The molecule has 1 saturated heterocycles. The lowest BCUT2D eigenvalue weighted by molar-refractivity contribution is -0.145. The van der Waals surface area contributed by atoms with Crippen molar-refractivity contribution in [3.63, 3.8) is 0 Å². The fraction of sp³-hybridized carbons (Fsp3) is 0.312. The Morgan fingerprint density at radius 2 is 1.70 bits per heavy atom. The molecule has 3 rings (SSSR count). The zero-order valence-corrected chi connectivity index (χ0v) is 12.0. The van der Waals surface area contributed by atoms with Gasteiger partial charge in [-0.1, -0.05) is 42.5 Å². The molecule has 2 N–H and O–H groups in total. The van der Waals surface area contributed by atoms with Gasteiger partial charge in [-0.3, -0.25) is 4.79 Å². The van der Waals surface area contributed by atoms with Gasteiger partial charge in [-0.15, -0.1) is 12.4 Å². The molecule has 0 amide bonds. The number of hydrogen-bond acceptors (Lipinski definition) is 2. The molecule has 3 nitrogen and oxygen atoms in total. The van der Waals surface area contributed by atoms with Gasteiger partial charge in [0.05, 0.1) is 5.41 Å². The molecule has 4 heteroatoms. The van der Waals surface area contributed by atoms with Crippen LogP contribution in [0, 0.1) is 0 Å². The van der Waals surface area contributed by atoms with Crippen molar-refractivity contribution in [2.45, 2.75) is 18.3 Å². The Morgan fingerprint density at radius 3 is 2.35 bits per heavy atom. The number of halogens is 1. The fourth-order valence-corrected chi connectivity index (χ4v) is 2.97. The van der Waals surface area contributed by atoms with Crippen LogP contribution in [0.2, 0.25) is 0 Å². The van der Waals surface area contributed by atoms with Crippen LogP contribution < -0.4 is 5.32 Å². The lowest BCUT2D eigenvalue weighted by Crippen LogP contribution is -2.45. The largest absolute Gasteiger partial charge is 0.481 e. The van der Waals surface area contributed by atoms with E-state index in [1.54, 1.807) is 0 Å². The number of carboxylic acids is 1. The molecule has 0 bridgehead atoms. The van der Waals surface area contributed by atoms with E-state index in [0.29, 0.717) is 12.8 Å². The molecule has 0 aliphatic carbocycles. The molecule has 2 aromatic carbocycles. The summed E-state index contributed by atoms with van der Waals surface area (Å²) in [5.41, 5.74) is 0.204. The van der Waals surface area contributed by atoms with Crippen LogP contribution in [-0.2, 0) is 10.2 Å². The van der Waals surface area contributed by atoms with Crippen LogP contribution in [0.4, 0.5) is 0 Å². The second kappa shape index (κ2) is 5.81. The second-order valence-electron chi connectivity index (χ2n) is 5.20. The van der Waals surface area contributed by atoms with E-state index in [9.17, 15) is 9.90 Å². The number of carbonyl (C=O) groups is 1. The van der Waals surface area contributed by atoms with Crippen molar-refractivity contribution in [2.75, 3.05) is 13.1 Å². The molecule has 0 radical (unpaired) electrons. The van der Waals surface area contributed by atoms with Gasteiger partial charge >= 0.3 is 5.97 Å². The van der Waals surface area contributed by atoms with Gasteiger partial charge in [0, 0.05) is 0 Å². The Hall–Kier alpha value is -1.58. The Kier molecular flexibility index (Phi) is 4.31. The van der Waals surface area contributed by atoms with E-state index >= 15 is 0 Å². The summed E-state index contributed by atoms with van der Waals surface area (Å²) in [6, 6.07) is 14.1. The predicted molar refractivity (Wildman–Crippen MR) is 82.6 cm³/mol. The molecular formula is C16H18ClNO2. The quantitative estimate of drug-likeness (QED) is 0.894.